The topological polar surface area (TPSA) is 87.3 Å². The lowest BCUT2D eigenvalue weighted by Gasteiger charge is -2.19. The number of hydrogen-bond acceptors (Lipinski definition) is 4. The van der Waals surface area contributed by atoms with Gasteiger partial charge in [0.2, 0.25) is 11.8 Å². The van der Waals surface area contributed by atoms with E-state index in [2.05, 4.69) is 15.5 Å². The van der Waals surface area contributed by atoms with E-state index in [0.717, 1.165) is 24.1 Å². The van der Waals surface area contributed by atoms with Crippen LogP contribution in [0.4, 0.5) is 5.69 Å². The van der Waals surface area contributed by atoms with Crippen molar-refractivity contribution in [2.45, 2.75) is 26.2 Å². The maximum absolute atomic E-state index is 12.5. The normalized spacial score (nSPS) is 16.6. The van der Waals surface area contributed by atoms with Crippen LogP contribution in [0, 0.1) is 12.8 Å². The van der Waals surface area contributed by atoms with Gasteiger partial charge in [0, 0.05) is 30.2 Å². The molecule has 2 N–H and O–H groups in total. The average Bonchev–Trinajstić information content (AvgIpc) is 3.24. The number of hydrogen-bond donors (Lipinski definition) is 2. The Morgan fingerprint density at radius 2 is 2.30 bits per heavy atom. The molecule has 8 heteroatoms. The third-order valence-corrected chi connectivity index (χ3v) is 5.02. The predicted molar refractivity (Wildman–Crippen MR) is 103 cm³/mol. The zero-order chi connectivity index (χ0) is 19.4. The van der Waals surface area contributed by atoms with Gasteiger partial charge in [-0.2, -0.15) is 5.10 Å². The monoisotopic (exact) mass is 390 g/mol. The molecule has 144 valence electrons. The third kappa shape index (κ3) is 4.42. The quantitative estimate of drug-likeness (QED) is 0.711. The maximum Gasteiger partial charge on any atom is 0.227 e. The number of aryl methyl sites for hydroxylation is 2. The van der Waals surface area contributed by atoms with E-state index in [4.69, 9.17) is 16.3 Å². The molecule has 1 aliphatic heterocycles. The van der Waals surface area contributed by atoms with Crippen LogP contribution in [0.1, 0.15) is 24.1 Å². The maximum atomic E-state index is 12.5. The Morgan fingerprint density at radius 3 is 3.00 bits per heavy atom. The number of aromatic amines is 1. The molecule has 3 rings (SSSR count). The van der Waals surface area contributed by atoms with E-state index in [0.29, 0.717) is 29.5 Å². The molecule has 0 saturated carbocycles. The second-order valence-corrected chi connectivity index (χ2v) is 7.07. The summed E-state index contributed by atoms with van der Waals surface area (Å²) >= 11 is 6.06. The van der Waals surface area contributed by atoms with E-state index in [1.54, 1.807) is 30.2 Å². The van der Waals surface area contributed by atoms with E-state index in [9.17, 15) is 9.59 Å². The zero-order valence-corrected chi connectivity index (χ0v) is 16.2. The minimum Gasteiger partial charge on any atom is -0.495 e. The van der Waals surface area contributed by atoms with Gasteiger partial charge in [0.05, 0.1) is 24.9 Å². The summed E-state index contributed by atoms with van der Waals surface area (Å²) in [6, 6.07) is 5.11. The molecule has 0 bridgehead atoms. The van der Waals surface area contributed by atoms with Crippen molar-refractivity contribution in [3.8, 4) is 5.75 Å². The number of ether oxygens (including phenoxy) is 1. The van der Waals surface area contributed by atoms with Gasteiger partial charge in [0.25, 0.3) is 0 Å². The summed E-state index contributed by atoms with van der Waals surface area (Å²) in [4.78, 5) is 26.5. The summed E-state index contributed by atoms with van der Waals surface area (Å²) in [6.45, 7) is 2.86. The van der Waals surface area contributed by atoms with E-state index >= 15 is 0 Å². The van der Waals surface area contributed by atoms with Crippen LogP contribution >= 0.6 is 11.6 Å². The van der Waals surface area contributed by atoms with Crippen LogP contribution in [0.2, 0.25) is 5.02 Å². The number of aromatic nitrogens is 2. The van der Waals surface area contributed by atoms with Crippen molar-refractivity contribution in [1.82, 2.24) is 15.5 Å². The molecular weight excluding hydrogens is 368 g/mol. The first-order valence-electron chi connectivity index (χ1n) is 8.90. The fraction of sp³-hybridized carbons (Fsp3) is 0.421. The van der Waals surface area contributed by atoms with E-state index < -0.39 is 0 Å². The minimum absolute atomic E-state index is 0.101. The number of nitrogens with zero attached hydrogens (tertiary/aromatic N) is 2. The molecule has 1 aliphatic rings. The van der Waals surface area contributed by atoms with Gasteiger partial charge in [0.1, 0.15) is 5.75 Å². The fourth-order valence-corrected chi connectivity index (χ4v) is 3.42. The lowest BCUT2D eigenvalue weighted by molar-refractivity contribution is -0.126. The van der Waals surface area contributed by atoms with Gasteiger partial charge in [-0.25, -0.2) is 0 Å². The number of anilines is 1. The lowest BCUT2D eigenvalue weighted by Crippen LogP contribution is -2.33. The molecule has 1 unspecified atom stereocenters. The molecule has 2 aromatic rings. The Morgan fingerprint density at radius 1 is 1.48 bits per heavy atom. The Balaban J connectivity index is 1.54. The summed E-state index contributed by atoms with van der Waals surface area (Å²) < 4.78 is 5.32. The molecule has 1 aromatic carbocycles. The van der Waals surface area contributed by atoms with Crippen molar-refractivity contribution < 1.29 is 14.3 Å². The number of methoxy groups -OCH3 is 1. The van der Waals surface area contributed by atoms with Crippen molar-refractivity contribution in [2.75, 3.05) is 25.1 Å². The van der Waals surface area contributed by atoms with Crippen LogP contribution in [-0.4, -0.2) is 42.2 Å². The number of carbonyl (C=O) groups excluding carboxylic acids is 2. The average molecular weight is 391 g/mol. The molecule has 1 aromatic heterocycles. The highest BCUT2D eigenvalue weighted by molar-refractivity contribution is 6.31. The zero-order valence-electron chi connectivity index (χ0n) is 15.4. The number of nitrogens with one attached hydrogen (secondary N) is 2. The van der Waals surface area contributed by atoms with E-state index in [1.807, 2.05) is 13.1 Å². The summed E-state index contributed by atoms with van der Waals surface area (Å²) in [5.41, 5.74) is 2.80. The Hall–Kier alpha value is -2.54. The van der Waals surface area contributed by atoms with Crippen molar-refractivity contribution in [3.05, 3.63) is 40.7 Å². The van der Waals surface area contributed by atoms with Crippen LogP contribution in [0.15, 0.2) is 24.4 Å². The third-order valence-electron chi connectivity index (χ3n) is 4.78. The Bertz CT molecular complexity index is 836. The van der Waals surface area contributed by atoms with Gasteiger partial charge in [-0.15, -0.1) is 0 Å². The summed E-state index contributed by atoms with van der Waals surface area (Å²) in [5.74, 6) is -0.0263. The molecule has 0 aliphatic carbocycles. The van der Waals surface area contributed by atoms with E-state index in [1.165, 1.54) is 0 Å². The number of halogens is 1. The van der Waals surface area contributed by atoms with Crippen molar-refractivity contribution >= 4 is 29.1 Å². The van der Waals surface area contributed by atoms with Gasteiger partial charge < -0.3 is 15.0 Å². The van der Waals surface area contributed by atoms with Gasteiger partial charge in [-0.05, 0) is 43.5 Å². The van der Waals surface area contributed by atoms with Crippen molar-refractivity contribution in [1.29, 1.82) is 0 Å². The van der Waals surface area contributed by atoms with Gasteiger partial charge >= 0.3 is 0 Å². The molecule has 7 nitrogen and oxygen atoms in total. The molecule has 1 fully saturated rings. The molecule has 0 radical (unpaired) electrons. The lowest BCUT2D eigenvalue weighted by atomic mass is 10.1. The highest BCUT2D eigenvalue weighted by Crippen LogP contribution is 2.35. The Kier molecular flexibility index (Phi) is 6.01. The molecule has 27 heavy (non-hydrogen) atoms. The Labute approximate surface area is 163 Å². The second-order valence-electron chi connectivity index (χ2n) is 6.64. The van der Waals surface area contributed by atoms with Gasteiger partial charge in [-0.3, -0.25) is 14.7 Å². The number of amides is 2. The van der Waals surface area contributed by atoms with Crippen molar-refractivity contribution in [3.63, 3.8) is 0 Å². The first kappa shape index (κ1) is 19.2. The molecule has 0 spiro atoms. The van der Waals surface area contributed by atoms with Crippen LogP contribution < -0.4 is 15.0 Å². The number of benzene rings is 1. The largest absolute Gasteiger partial charge is 0.495 e. The predicted octanol–water partition coefficient (Wildman–Crippen LogP) is 2.48. The van der Waals surface area contributed by atoms with E-state index in [-0.39, 0.29) is 24.2 Å². The molecular formula is C19H23ClN4O3. The highest BCUT2D eigenvalue weighted by atomic mass is 35.5. The fourth-order valence-electron chi connectivity index (χ4n) is 3.25. The van der Waals surface area contributed by atoms with Gasteiger partial charge in [-0.1, -0.05) is 11.6 Å². The summed E-state index contributed by atoms with van der Waals surface area (Å²) in [7, 11) is 1.54. The van der Waals surface area contributed by atoms with Crippen LogP contribution in [-0.2, 0) is 16.0 Å². The summed E-state index contributed by atoms with van der Waals surface area (Å²) in [6.07, 6.45) is 3.65. The first-order chi connectivity index (χ1) is 13.0. The molecule has 1 atom stereocenters. The van der Waals surface area contributed by atoms with Gasteiger partial charge in [0.15, 0.2) is 0 Å². The molecule has 2 amide bonds. The highest BCUT2D eigenvalue weighted by Gasteiger charge is 2.36. The molecule has 2 heterocycles. The smallest absolute Gasteiger partial charge is 0.227 e. The van der Waals surface area contributed by atoms with Crippen LogP contribution in [0.25, 0.3) is 0 Å². The minimum atomic E-state index is -0.378. The number of rotatable bonds is 7. The van der Waals surface area contributed by atoms with Crippen LogP contribution in [0.3, 0.4) is 0 Å². The number of H-pyrrole nitrogens is 1. The first-order valence-corrected chi connectivity index (χ1v) is 9.28. The van der Waals surface area contributed by atoms with Crippen LogP contribution in [0.5, 0.6) is 5.75 Å². The number of carbonyl (C=O) groups is 2. The van der Waals surface area contributed by atoms with Crippen molar-refractivity contribution in [2.24, 2.45) is 5.92 Å². The molecule has 1 saturated heterocycles. The SMILES string of the molecule is COc1ccc(Cl)cc1N1CC(C(=O)NCCCc2cn[nH]c2C)CC1=O. The standard InChI is InChI=1S/C19H23ClN4O3/c1-12-13(10-22-23-12)4-3-7-21-19(26)14-8-18(25)24(11-14)16-9-15(20)5-6-17(16)27-2/h5-6,9-10,14H,3-4,7-8,11H2,1-2H3,(H,21,26)(H,22,23). The second kappa shape index (κ2) is 8.43. The summed E-state index contributed by atoms with van der Waals surface area (Å²) in [5, 5.41) is 10.3.